The molecule has 1 unspecified atom stereocenters. The van der Waals surface area contributed by atoms with Crippen LogP contribution in [0.25, 0.3) is 10.1 Å². The predicted octanol–water partition coefficient (Wildman–Crippen LogP) is 4.14. The first-order chi connectivity index (χ1) is 14.5. The summed E-state index contributed by atoms with van der Waals surface area (Å²) >= 11 is 1.51. The predicted molar refractivity (Wildman–Crippen MR) is 120 cm³/mol. The maximum Gasteiger partial charge on any atom is 0.264 e. The molecule has 0 aliphatic carbocycles. The Morgan fingerprint density at radius 3 is 2.63 bits per heavy atom. The summed E-state index contributed by atoms with van der Waals surface area (Å²) in [5.41, 5.74) is 2.12. The molecule has 3 aromatic rings. The minimum absolute atomic E-state index is 0.00526. The standard InChI is InChI=1S/C24H26N2O3S/c1-17(27)26-14-15-29-20(16-26)22-19-10-6-7-11-21(19)30-23(22)24(28)25(2)13-12-18-8-4-3-5-9-18/h3-11,20H,12-16H2,1-2H3. The number of benzene rings is 2. The summed E-state index contributed by atoms with van der Waals surface area (Å²) in [5.74, 6) is 0.0429. The maximum atomic E-state index is 13.4. The van der Waals surface area contributed by atoms with E-state index in [-0.39, 0.29) is 17.9 Å². The number of hydrogen-bond donors (Lipinski definition) is 0. The Morgan fingerprint density at radius 2 is 1.87 bits per heavy atom. The van der Waals surface area contributed by atoms with E-state index in [1.54, 1.807) is 16.7 Å². The molecular formula is C24H26N2O3S. The first-order valence-electron chi connectivity index (χ1n) is 10.2. The first kappa shape index (κ1) is 20.6. The number of fused-ring (bicyclic) bond motifs is 1. The molecular weight excluding hydrogens is 396 g/mol. The zero-order valence-electron chi connectivity index (χ0n) is 17.3. The fraction of sp³-hybridized carbons (Fsp3) is 0.333. The van der Waals surface area contributed by atoms with Gasteiger partial charge in [0.1, 0.15) is 6.10 Å². The summed E-state index contributed by atoms with van der Waals surface area (Å²) in [6, 6.07) is 18.2. The molecule has 2 heterocycles. The van der Waals surface area contributed by atoms with Crippen LogP contribution in [0.4, 0.5) is 0 Å². The van der Waals surface area contributed by atoms with Crippen molar-refractivity contribution in [3.63, 3.8) is 0 Å². The van der Waals surface area contributed by atoms with E-state index in [0.717, 1.165) is 22.1 Å². The summed E-state index contributed by atoms with van der Waals surface area (Å²) < 4.78 is 7.12. The molecule has 0 N–H and O–H groups in total. The molecule has 4 rings (SSSR count). The normalized spacial score (nSPS) is 16.6. The summed E-state index contributed by atoms with van der Waals surface area (Å²) in [5, 5.41) is 1.04. The number of hydrogen-bond acceptors (Lipinski definition) is 4. The maximum absolute atomic E-state index is 13.4. The van der Waals surface area contributed by atoms with Gasteiger partial charge in [0.15, 0.2) is 0 Å². The van der Waals surface area contributed by atoms with Crippen molar-refractivity contribution in [3.05, 3.63) is 70.6 Å². The number of nitrogens with zero attached hydrogens (tertiary/aromatic N) is 2. The second-order valence-electron chi connectivity index (χ2n) is 7.63. The van der Waals surface area contributed by atoms with Crippen LogP contribution in [-0.4, -0.2) is 54.9 Å². The molecule has 0 bridgehead atoms. The number of likely N-dealkylation sites (N-methyl/N-ethyl adjacent to an activating group) is 1. The van der Waals surface area contributed by atoms with Gasteiger partial charge in [0.2, 0.25) is 5.91 Å². The van der Waals surface area contributed by atoms with E-state index in [4.69, 9.17) is 4.74 Å². The summed E-state index contributed by atoms with van der Waals surface area (Å²) in [4.78, 5) is 29.6. The van der Waals surface area contributed by atoms with Crippen molar-refractivity contribution in [2.75, 3.05) is 33.3 Å². The van der Waals surface area contributed by atoms with Crippen molar-refractivity contribution in [1.29, 1.82) is 0 Å². The van der Waals surface area contributed by atoms with E-state index in [2.05, 4.69) is 12.1 Å². The summed E-state index contributed by atoms with van der Waals surface area (Å²) in [7, 11) is 1.85. The second-order valence-corrected chi connectivity index (χ2v) is 8.68. The minimum Gasteiger partial charge on any atom is -0.370 e. The summed E-state index contributed by atoms with van der Waals surface area (Å²) in [6.07, 6.45) is 0.515. The number of rotatable bonds is 5. The molecule has 1 saturated heterocycles. The molecule has 5 nitrogen and oxygen atoms in total. The number of thiophene rings is 1. The first-order valence-corrected chi connectivity index (χ1v) is 11.0. The van der Waals surface area contributed by atoms with Crippen LogP contribution in [0.5, 0.6) is 0 Å². The minimum atomic E-state index is -0.291. The Balaban J connectivity index is 1.62. The van der Waals surface area contributed by atoms with Gasteiger partial charge < -0.3 is 14.5 Å². The van der Waals surface area contributed by atoms with E-state index in [1.807, 2.05) is 49.5 Å². The van der Waals surface area contributed by atoms with Crippen LogP contribution >= 0.6 is 11.3 Å². The van der Waals surface area contributed by atoms with Crippen LogP contribution in [0.1, 0.15) is 33.8 Å². The van der Waals surface area contributed by atoms with Crippen LogP contribution in [-0.2, 0) is 16.0 Å². The molecule has 6 heteroatoms. The van der Waals surface area contributed by atoms with Gasteiger partial charge in [-0.2, -0.15) is 0 Å². The third-order valence-corrected chi connectivity index (χ3v) is 6.76. The SMILES string of the molecule is CC(=O)N1CCOC(c2c(C(=O)N(C)CCc3ccccc3)sc3ccccc23)C1. The van der Waals surface area contributed by atoms with Crippen molar-refractivity contribution in [2.45, 2.75) is 19.4 Å². The zero-order chi connectivity index (χ0) is 21.1. The lowest BCUT2D eigenvalue weighted by Crippen LogP contribution is -2.41. The molecule has 0 spiro atoms. The number of carbonyl (C=O) groups excluding carboxylic acids is 2. The Bertz CT molecular complexity index is 1050. The third-order valence-electron chi connectivity index (χ3n) is 5.59. The average molecular weight is 423 g/mol. The van der Waals surface area contributed by atoms with E-state index in [0.29, 0.717) is 31.1 Å². The van der Waals surface area contributed by atoms with E-state index < -0.39 is 0 Å². The largest absolute Gasteiger partial charge is 0.370 e. The molecule has 0 saturated carbocycles. The summed E-state index contributed by atoms with van der Waals surface area (Å²) in [6.45, 7) is 3.77. The molecule has 2 aromatic carbocycles. The molecule has 1 aliphatic heterocycles. The van der Waals surface area contributed by atoms with Crippen LogP contribution in [0.2, 0.25) is 0 Å². The smallest absolute Gasteiger partial charge is 0.264 e. The number of morpholine rings is 1. The Morgan fingerprint density at radius 1 is 1.13 bits per heavy atom. The number of amides is 2. The quantitative estimate of drug-likeness (QED) is 0.621. The van der Waals surface area contributed by atoms with Crippen LogP contribution in [0.3, 0.4) is 0 Å². The highest BCUT2D eigenvalue weighted by atomic mass is 32.1. The molecule has 1 aromatic heterocycles. The Labute approximate surface area is 180 Å². The van der Waals surface area contributed by atoms with Crippen LogP contribution in [0, 0.1) is 0 Å². The lowest BCUT2D eigenvalue weighted by Gasteiger charge is -2.33. The van der Waals surface area contributed by atoms with Crippen LogP contribution in [0.15, 0.2) is 54.6 Å². The van der Waals surface area contributed by atoms with Gasteiger partial charge in [-0.1, -0.05) is 48.5 Å². The third kappa shape index (κ3) is 4.25. The highest BCUT2D eigenvalue weighted by Gasteiger charge is 2.31. The van der Waals surface area contributed by atoms with Crippen LogP contribution < -0.4 is 0 Å². The van der Waals surface area contributed by atoms with Gasteiger partial charge in [0.05, 0.1) is 18.0 Å². The molecule has 1 aliphatic rings. The van der Waals surface area contributed by atoms with Crippen molar-refractivity contribution < 1.29 is 14.3 Å². The molecule has 156 valence electrons. The monoisotopic (exact) mass is 422 g/mol. The van der Waals surface area contributed by atoms with Gasteiger partial charge in [-0.15, -0.1) is 11.3 Å². The molecule has 2 amide bonds. The lowest BCUT2D eigenvalue weighted by atomic mass is 10.0. The lowest BCUT2D eigenvalue weighted by molar-refractivity contribution is -0.136. The molecule has 1 fully saturated rings. The highest BCUT2D eigenvalue weighted by Crippen LogP contribution is 2.38. The Kier molecular flexibility index (Phi) is 6.16. The average Bonchev–Trinajstić information content (AvgIpc) is 3.17. The van der Waals surface area contributed by atoms with Gasteiger partial charge in [0.25, 0.3) is 5.91 Å². The van der Waals surface area contributed by atoms with Gasteiger partial charge in [-0.3, -0.25) is 9.59 Å². The fourth-order valence-electron chi connectivity index (χ4n) is 3.87. The van der Waals surface area contributed by atoms with E-state index in [1.165, 1.54) is 16.9 Å². The van der Waals surface area contributed by atoms with E-state index >= 15 is 0 Å². The molecule has 1 atom stereocenters. The van der Waals surface area contributed by atoms with Crippen molar-refractivity contribution in [3.8, 4) is 0 Å². The zero-order valence-corrected chi connectivity index (χ0v) is 18.2. The van der Waals surface area contributed by atoms with Crippen molar-refractivity contribution >= 4 is 33.2 Å². The fourth-order valence-corrected chi connectivity index (χ4v) is 5.12. The van der Waals surface area contributed by atoms with Gasteiger partial charge in [0, 0.05) is 37.3 Å². The number of ether oxygens (including phenoxy) is 1. The Hall–Kier alpha value is -2.70. The second kappa shape index (κ2) is 8.98. The molecule has 30 heavy (non-hydrogen) atoms. The van der Waals surface area contributed by atoms with Crippen molar-refractivity contribution in [1.82, 2.24) is 9.80 Å². The van der Waals surface area contributed by atoms with E-state index in [9.17, 15) is 9.59 Å². The van der Waals surface area contributed by atoms with Gasteiger partial charge >= 0.3 is 0 Å². The van der Waals surface area contributed by atoms with Crippen molar-refractivity contribution in [2.24, 2.45) is 0 Å². The highest BCUT2D eigenvalue weighted by molar-refractivity contribution is 7.21. The number of carbonyl (C=O) groups is 2. The molecule has 0 radical (unpaired) electrons. The topological polar surface area (TPSA) is 49.9 Å². The van der Waals surface area contributed by atoms with Gasteiger partial charge in [-0.25, -0.2) is 0 Å². The van der Waals surface area contributed by atoms with Gasteiger partial charge in [-0.05, 0) is 23.4 Å².